The van der Waals surface area contributed by atoms with E-state index in [9.17, 15) is 13.2 Å². The molecular formula is C13H14F3N3. The van der Waals surface area contributed by atoms with E-state index in [0.717, 1.165) is 0 Å². The molecule has 6 heteroatoms. The highest BCUT2D eigenvalue weighted by molar-refractivity contribution is 5.22. The van der Waals surface area contributed by atoms with Gasteiger partial charge in [-0.1, -0.05) is 12.1 Å². The summed E-state index contributed by atoms with van der Waals surface area (Å²) in [5.41, 5.74) is 0.925. The van der Waals surface area contributed by atoms with Crippen LogP contribution in [0.25, 0.3) is 0 Å². The van der Waals surface area contributed by atoms with Gasteiger partial charge >= 0.3 is 0 Å². The number of aromatic nitrogens is 2. The largest absolute Gasteiger partial charge is 0.316 e. The molecule has 19 heavy (non-hydrogen) atoms. The van der Waals surface area contributed by atoms with E-state index < -0.39 is 12.2 Å². The lowest BCUT2D eigenvalue weighted by atomic mass is 10.2. The van der Waals surface area contributed by atoms with E-state index in [1.54, 1.807) is 19.2 Å². The summed E-state index contributed by atoms with van der Waals surface area (Å²) in [5.74, 6) is -0.390. The lowest BCUT2D eigenvalue weighted by Crippen LogP contribution is -2.11. The number of hydrogen-bond donors (Lipinski definition) is 1. The molecule has 1 aromatic carbocycles. The summed E-state index contributed by atoms with van der Waals surface area (Å²) in [6.07, 6.45) is -1.20. The first-order valence-electron chi connectivity index (χ1n) is 5.83. The monoisotopic (exact) mass is 269 g/mol. The molecule has 3 nitrogen and oxygen atoms in total. The zero-order valence-corrected chi connectivity index (χ0v) is 10.4. The average Bonchev–Trinajstić information content (AvgIpc) is 2.72. The van der Waals surface area contributed by atoms with Crippen molar-refractivity contribution < 1.29 is 13.2 Å². The number of alkyl halides is 2. The Balaban J connectivity index is 2.29. The van der Waals surface area contributed by atoms with E-state index in [2.05, 4.69) is 10.4 Å². The van der Waals surface area contributed by atoms with Gasteiger partial charge in [0.2, 0.25) is 0 Å². The quantitative estimate of drug-likeness (QED) is 0.904. The topological polar surface area (TPSA) is 29.9 Å². The maximum Gasteiger partial charge on any atom is 0.280 e. The Morgan fingerprint density at radius 1 is 1.37 bits per heavy atom. The lowest BCUT2D eigenvalue weighted by Gasteiger charge is -2.09. The highest BCUT2D eigenvalue weighted by Crippen LogP contribution is 2.23. The number of rotatable bonds is 5. The molecule has 0 amide bonds. The van der Waals surface area contributed by atoms with Crippen LogP contribution in [0.1, 0.15) is 23.2 Å². The fourth-order valence-corrected chi connectivity index (χ4v) is 1.95. The fraction of sp³-hybridized carbons (Fsp3) is 0.308. The van der Waals surface area contributed by atoms with E-state index in [1.807, 2.05) is 0 Å². The van der Waals surface area contributed by atoms with Gasteiger partial charge in [0.05, 0.1) is 12.7 Å². The van der Waals surface area contributed by atoms with Crippen molar-refractivity contribution in [2.75, 3.05) is 7.05 Å². The van der Waals surface area contributed by atoms with E-state index >= 15 is 0 Å². The fourth-order valence-electron chi connectivity index (χ4n) is 1.95. The number of hydrogen-bond acceptors (Lipinski definition) is 2. The summed E-state index contributed by atoms with van der Waals surface area (Å²) < 4.78 is 40.4. The minimum Gasteiger partial charge on any atom is -0.316 e. The van der Waals surface area contributed by atoms with E-state index in [0.29, 0.717) is 17.7 Å². The molecule has 0 saturated carbocycles. The Hall–Kier alpha value is -1.82. The van der Waals surface area contributed by atoms with Crippen molar-refractivity contribution in [3.8, 4) is 0 Å². The smallest absolute Gasteiger partial charge is 0.280 e. The second-order valence-corrected chi connectivity index (χ2v) is 4.17. The van der Waals surface area contributed by atoms with Crippen LogP contribution >= 0.6 is 0 Å². The van der Waals surface area contributed by atoms with E-state index in [-0.39, 0.29) is 12.2 Å². The first-order valence-corrected chi connectivity index (χ1v) is 5.83. The van der Waals surface area contributed by atoms with Gasteiger partial charge in [-0.25, -0.2) is 13.2 Å². The van der Waals surface area contributed by atoms with Gasteiger partial charge < -0.3 is 5.32 Å². The standard InChI is InChI=1S/C13H14F3N3/c1-17-6-10-7-18-19(12(10)13(15)16)8-9-3-2-4-11(14)5-9/h2-5,7,13,17H,6,8H2,1H3. The summed E-state index contributed by atoms with van der Waals surface area (Å²) >= 11 is 0. The molecule has 0 fully saturated rings. The van der Waals surface area contributed by atoms with Crippen LogP contribution < -0.4 is 5.32 Å². The van der Waals surface area contributed by atoms with Gasteiger partial charge in [-0.2, -0.15) is 5.10 Å². The van der Waals surface area contributed by atoms with Gasteiger partial charge in [-0.3, -0.25) is 4.68 Å². The van der Waals surface area contributed by atoms with Crippen LogP contribution in [0.4, 0.5) is 13.2 Å². The van der Waals surface area contributed by atoms with Crippen LogP contribution in [0.5, 0.6) is 0 Å². The molecule has 0 radical (unpaired) electrons. The molecule has 0 spiro atoms. The van der Waals surface area contributed by atoms with Crippen LogP contribution in [-0.4, -0.2) is 16.8 Å². The van der Waals surface area contributed by atoms with Gasteiger partial charge in [0.25, 0.3) is 6.43 Å². The molecule has 0 unspecified atom stereocenters. The van der Waals surface area contributed by atoms with Crippen molar-refractivity contribution in [1.29, 1.82) is 0 Å². The molecule has 1 aromatic heterocycles. The van der Waals surface area contributed by atoms with Crippen molar-refractivity contribution in [1.82, 2.24) is 15.1 Å². The summed E-state index contributed by atoms with van der Waals surface area (Å²) in [7, 11) is 1.68. The maximum absolute atomic E-state index is 13.1. The molecule has 0 atom stereocenters. The number of benzene rings is 1. The molecule has 1 N–H and O–H groups in total. The van der Waals surface area contributed by atoms with Crippen molar-refractivity contribution in [3.63, 3.8) is 0 Å². The van der Waals surface area contributed by atoms with Crippen molar-refractivity contribution in [3.05, 3.63) is 53.1 Å². The number of nitrogens with one attached hydrogen (secondary N) is 1. The van der Waals surface area contributed by atoms with Crippen LogP contribution in [-0.2, 0) is 13.1 Å². The van der Waals surface area contributed by atoms with Crippen molar-refractivity contribution in [2.45, 2.75) is 19.5 Å². The predicted molar refractivity (Wildman–Crippen MR) is 65.4 cm³/mol. The molecule has 0 saturated heterocycles. The number of nitrogens with zero attached hydrogens (tertiary/aromatic N) is 2. The summed E-state index contributed by atoms with van der Waals surface area (Å²) in [4.78, 5) is 0. The molecule has 2 aromatic rings. The molecule has 2 rings (SSSR count). The summed E-state index contributed by atoms with van der Waals surface area (Å²) in [5, 5.41) is 6.77. The van der Waals surface area contributed by atoms with E-state index in [1.165, 1.54) is 23.0 Å². The van der Waals surface area contributed by atoms with Gasteiger partial charge in [0, 0.05) is 12.1 Å². The second kappa shape index (κ2) is 5.88. The second-order valence-electron chi connectivity index (χ2n) is 4.17. The van der Waals surface area contributed by atoms with Gasteiger partial charge in [0.1, 0.15) is 11.5 Å². The first kappa shape index (κ1) is 13.6. The Labute approximate surface area is 109 Å². The third-order valence-electron chi connectivity index (χ3n) is 2.76. The SMILES string of the molecule is CNCc1cnn(Cc2cccc(F)c2)c1C(F)F. The molecule has 0 aliphatic heterocycles. The average molecular weight is 269 g/mol. The van der Waals surface area contributed by atoms with Crippen LogP contribution in [0, 0.1) is 5.82 Å². The highest BCUT2D eigenvalue weighted by atomic mass is 19.3. The summed E-state index contributed by atoms with van der Waals surface area (Å²) in [6, 6.07) is 5.85. The summed E-state index contributed by atoms with van der Waals surface area (Å²) in [6.45, 7) is 0.448. The molecule has 0 bridgehead atoms. The van der Waals surface area contributed by atoms with Gasteiger partial charge in [-0.05, 0) is 24.7 Å². The third kappa shape index (κ3) is 3.14. The molecule has 0 aliphatic rings. The first-order chi connectivity index (χ1) is 9.11. The minimum atomic E-state index is -2.61. The van der Waals surface area contributed by atoms with Crippen molar-refractivity contribution >= 4 is 0 Å². The molecule has 1 heterocycles. The Morgan fingerprint density at radius 3 is 2.79 bits per heavy atom. The van der Waals surface area contributed by atoms with Gasteiger partial charge in [0.15, 0.2) is 0 Å². The zero-order chi connectivity index (χ0) is 13.8. The van der Waals surface area contributed by atoms with Gasteiger partial charge in [-0.15, -0.1) is 0 Å². The maximum atomic E-state index is 13.1. The molecule has 0 aliphatic carbocycles. The molecular weight excluding hydrogens is 255 g/mol. The lowest BCUT2D eigenvalue weighted by molar-refractivity contribution is 0.138. The van der Waals surface area contributed by atoms with Crippen molar-refractivity contribution in [2.24, 2.45) is 0 Å². The zero-order valence-electron chi connectivity index (χ0n) is 10.4. The third-order valence-corrected chi connectivity index (χ3v) is 2.76. The van der Waals surface area contributed by atoms with Crippen LogP contribution in [0.3, 0.4) is 0 Å². The van der Waals surface area contributed by atoms with E-state index in [4.69, 9.17) is 0 Å². The normalized spacial score (nSPS) is 11.2. The Morgan fingerprint density at radius 2 is 2.16 bits per heavy atom. The predicted octanol–water partition coefficient (Wildman–Crippen LogP) is 2.73. The highest BCUT2D eigenvalue weighted by Gasteiger charge is 2.19. The Bertz CT molecular complexity index is 552. The van der Waals surface area contributed by atoms with Crippen LogP contribution in [0.2, 0.25) is 0 Å². The Kier molecular flexibility index (Phi) is 4.21. The minimum absolute atomic E-state index is 0.126. The van der Waals surface area contributed by atoms with Crippen LogP contribution in [0.15, 0.2) is 30.5 Å². The number of halogens is 3. The molecule has 102 valence electrons.